The summed E-state index contributed by atoms with van der Waals surface area (Å²) in [6, 6.07) is 20.7. The average Bonchev–Trinajstić information content (AvgIpc) is 3.45. The van der Waals surface area contributed by atoms with Gasteiger partial charge in [-0.05, 0) is 49.4 Å². The normalized spacial score (nSPS) is 16.6. The maximum atomic E-state index is 13.6. The molecule has 3 aromatic carbocycles. The number of anilines is 1. The van der Waals surface area contributed by atoms with Gasteiger partial charge >= 0.3 is 6.09 Å². The van der Waals surface area contributed by atoms with Gasteiger partial charge in [0.1, 0.15) is 0 Å². The Morgan fingerprint density at radius 1 is 1.07 bits per heavy atom. The number of carbonyl (C=O) groups is 1. The van der Waals surface area contributed by atoms with E-state index in [-0.39, 0.29) is 40.2 Å². The first-order valence-corrected chi connectivity index (χ1v) is 16.4. The van der Waals surface area contributed by atoms with E-state index in [0.717, 1.165) is 12.8 Å². The number of non-ortho nitro benzene ring substituents is 1. The molecule has 2 unspecified atom stereocenters. The maximum absolute atomic E-state index is 13.6. The van der Waals surface area contributed by atoms with Crippen LogP contribution >= 0.6 is 11.6 Å². The Balaban J connectivity index is 1.25. The number of nitrogens with zero attached hydrogens (tertiary/aromatic N) is 5. The summed E-state index contributed by atoms with van der Waals surface area (Å²) >= 11 is 6.60. The summed E-state index contributed by atoms with van der Waals surface area (Å²) in [5, 5.41) is 25.3. The molecule has 12 nitrogen and oxygen atoms in total. The van der Waals surface area contributed by atoms with Crippen molar-refractivity contribution < 1.29 is 23.2 Å². The molecule has 5 aromatic rings. The monoisotopic (exact) mass is 660 g/mol. The number of carboxylic acid groups (broad SMARTS) is 1. The number of hydrogen-bond donors (Lipinski definition) is 2. The van der Waals surface area contributed by atoms with Crippen molar-refractivity contribution in [3.05, 3.63) is 112 Å². The summed E-state index contributed by atoms with van der Waals surface area (Å²) in [6.45, 7) is 0.0995. The lowest BCUT2D eigenvalue weighted by Gasteiger charge is -2.36. The van der Waals surface area contributed by atoms with Gasteiger partial charge in [0.15, 0.2) is 0 Å². The smallest absolute Gasteiger partial charge is 0.407 e. The highest BCUT2D eigenvalue weighted by atomic mass is 35.5. The topological polar surface area (TPSA) is 161 Å². The first-order chi connectivity index (χ1) is 22.1. The Morgan fingerprint density at radius 3 is 2.50 bits per heavy atom. The molecular formula is C32H29ClN6O6S. The standard InChI is InChI=1S/C32H29ClN6O6S/c33-28-18-34-31(35-22-7-6-8-24(17-22)37(32(40)41)19-21-13-15-23(16-14-21)39(42)43)36-30(28)27-20-38(29-12-5-4-11-26(27)29)46(44,45)25-9-2-1-3-10-25/h1-5,9-16,18,20,22,24H,6-8,17,19H2,(H,40,41)(H,34,35,36). The third kappa shape index (κ3) is 6.24. The highest BCUT2D eigenvalue weighted by molar-refractivity contribution is 7.90. The Kier molecular flexibility index (Phi) is 8.61. The van der Waals surface area contributed by atoms with Crippen LogP contribution in [0, 0.1) is 10.1 Å². The van der Waals surface area contributed by atoms with Crippen LogP contribution in [0.1, 0.15) is 31.2 Å². The van der Waals surface area contributed by atoms with Gasteiger partial charge in [0.25, 0.3) is 15.7 Å². The molecule has 2 heterocycles. The number of fused-ring (bicyclic) bond motifs is 1. The molecule has 46 heavy (non-hydrogen) atoms. The van der Waals surface area contributed by atoms with E-state index in [1.807, 2.05) is 12.1 Å². The van der Waals surface area contributed by atoms with E-state index in [0.29, 0.717) is 40.6 Å². The van der Waals surface area contributed by atoms with Gasteiger partial charge in [-0.15, -0.1) is 0 Å². The molecule has 1 aliphatic rings. The third-order valence-corrected chi connectivity index (χ3v) is 10.1. The lowest BCUT2D eigenvalue weighted by atomic mass is 9.90. The van der Waals surface area contributed by atoms with Crippen LogP contribution in [0.5, 0.6) is 0 Å². The summed E-state index contributed by atoms with van der Waals surface area (Å²) < 4.78 is 28.5. The third-order valence-electron chi connectivity index (χ3n) is 8.14. The number of nitro groups is 1. The predicted octanol–water partition coefficient (Wildman–Crippen LogP) is 6.80. The molecule has 2 atom stereocenters. The van der Waals surface area contributed by atoms with Gasteiger partial charge in [0.05, 0.1) is 32.2 Å². The van der Waals surface area contributed by atoms with Gasteiger partial charge in [-0.2, -0.15) is 0 Å². The van der Waals surface area contributed by atoms with Crippen molar-refractivity contribution in [1.82, 2.24) is 18.8 Å². The van der Waals surface area contributed by atoms with E-state index in [1.165, 1.54) is 45.5 Å². The van der Waals surface area contributed by atoms with Crippen molar-refractivity contribution in [3.8, 4) is 11.3 Å². The summed E-state index contributed by atoms with van der Waals surface area (Å²) in [6.07, 6.45) is 4.59. The van der Waals surface area contributed by atoms with Gasteiger partial charge < -0.3 is 15.3 Å². The number of amides is 1. The van der Waals surface area contributed by atoms with E-state index in [4.69, 9.17) is 16.6 Å². The van der Waals surface area contributed by atoms with Crippen molar-refractivity contribution in [3.63, 3.8) is 0 Å². The van der Waals surface area contributed by atoms with E-state index >= 15 is 0 Å². The molecule has 2 aromatic heterocycles. The fraction of sp³-hybridized carbons (Fsp3) is 0.219. The SMILES string of the molecule is O=C(O)N(Cc1ccc([N+](=O)[O-])cc1)C1CCCC(Nc2ncc(Cl)c(-c3cn(S(=O)(=O)c4ccccc4)c4ccccc34)n2)C1. The molecule has 0 saturated heterocycles. The van der Waals surface area contributed by atoms with Gasteiger partial charge in [-0.3, -0.25) is 10.1 Å². The number of rotatable bonds is 9. The molecule has 0 aliphatic heterocycles. The van der Waals surface area contributed by atoms with Crippen molar-refractivity contribution in [2.24, 2.45) is 0 Å². The van der Waals surface area contributed by atoms with Crippen molar-refractivity contribution in [2.75, 3.05) is 5.32 Å². The minimum atomic E-state index is -3.92. The van der Waals surface area contributed by atoms with E-state index in [1.54, 1.807) is 42.5 Å². The summed E-state index contributed by atoms with van der Waals surface area (Å²) in [4.78, 5) is 33.4. The molecule has 14 heteroatoms. The van der Waals surface area contributed by atoms with Gasteiger partial charge in [0, 0.05) is 47.9 Å². The van der Waals surface area contributed by atoms with Gasteiger partial charge in [0.2, 0.25) is 5.95 Å². The molecule has 1 amide bonds. The number of hydrogen-bond acceptors (Lipinski definition) is 8. The number of halogens is 1. The number of aromatic nitrogens is 3. The van der Waals surface area contributed by atoms with Crippen LogP contribution in [0.15, 0.2) is 96.2 Å². The largest absolute Gasteiger partial charge is 0.465 e. The first kappa shape index (κ1) is 31.0. The molecular weight excluding hydrogens is 632 g/mol. The molecule has 2 N–H and O–H groups in total. The van der Waals surface area contributed by atoms with Crippen molar-refractivity contribution >= 4 is 50.3 Å². The van der Waals surface area contributed by atoms with Gasteiger partial charge in [-0.1, -0.05) is 60.1 Å². The summed E-state index contributed by atoms with van der Waals surface area (Å²) in [5.41, 5.74) is 1.95. The number of nitro benzene ring substituents is 1. The molecule has 0 bridgehead atoms. The van der Waals surface area contributed by atoms with Crippen LogP contribution < -0.4 is 5.32 Å². The zero-order valence-electron chi connectivity index (χ0n) is 24.4. The van der Waals surface area contributed by atoms with E-state index in [9.17, 15) is 28.4 Å². The first-order valence-electron chi connectivity index (χ1n) is 14.5. The van der Waals surface area contributed by atoms with Crippen LogP contribution in [-0.2, 0) is 16.6 Å². The maximum Gasteiger partial charge on any atom is 0.407 e. The molecule has 6 rings (SSSR count). The highest BCUT2D eigenvalue weighted by Gasteiger charge is 2.31. The molecule has 1 fully saturated rings. The number of benzene rings is 3. The number of nitrogens with one attached hydrogen (secondary N) is 1. The minimum absolute atomic E-state index is 0.0581. The second-order valence-electron chi connectivity index (χ2n) is 11.1. The summed E-state index contributed by atoms with van der Waals surface area (Å²) in [5.74, 6) is 0.282. The highest BCUT2D eigenvalue weighted by Crippen LogP contribution is 2.36. The van der Waals surface area contributed by atoms with Crippen LogP contribution in [0.2, 0.25) is 5.02 Å². The summed E-state index contributed by atoms with van der Waals surface area (Å²) in [7, 11) is -3.92. The fourth-order valence-corrected chi connectivity index (χ4v) is 7.49. The van der Waals surface area contributed by atoms with Crippen molar-refractivity contribution in [2.45, 2.75) is 49.2 Å². The molecule has 1 saturated carbocycles. The second-order valence-corrected chi connectivity index (χ2v) is 13.3. The molecule has 236 valence electrons. The van der Waals surface area contributed by atoms with E-state index in [2.05, 4.69) is 10.3 Å². The molecule has 1 aliphatic carbocycles. The second kappa shape index (κ2) is 12.8. The Bertz CT molecular complexity index is 2020. The Labute approximate surface area is 269 Å². The van der Waals surface area contributed by atoms with Crippen LogP contribution in [-0.4, -0.2) is 55.5 Å². The lowest BCUT2D eigenvalue weighted by Crippen LogP contribution is -2.44. The zero-order valence-corrected chi connectivity index (χ0v) is 25.9. The molecule has 0 radical (unpaired) electrons. The minimum Gasteiger partial charge on any atom is -0.465 e. The Morgan fingerprint density at radius 2 is 1.78 bits per heavy atom. The average molecular weight is 661 g/mol. The molecule has 0 spiro atoms. The van der Waals surface area contributed by atoms with Crippen molar-refractivity contribution in [1.29, 1.82) is 0 Å². The quantitative estimate of drug-likeness (QED) is 0.128. The van der Waals surface area contributed by atoms with E-state index < -0.39 is 21.0 Å². The van der Waals surface area contributed by atoms with Crippen LogP contribution in [0.4, 0.5) is 16.4 Å². The predicted molar refractivity (Wildman–Crippen MR) is 173 cm³/mol. The number of para-hydroxylation sites is 1. The Hall–Kier alpha value is -5.01. The van der Waals surface area contributed by atoms with Gasteiger partial charge in [-0.25, -0.2) is 27.2 Å². The van der Waals surface area contributed by atoms with Crippen LogP contribution in [0.25, 0.3) is 22.2 Å². The van der Waals surface area contributed by atoms with Crippen LogP contribution in [0.3, 0.4) is 0 Å². The lowest BCUT2D eigenvalue weighted by molar-refractivity contribution is -0.384. The zero-order chi connectivity index (χ0) is 32.4. The fourth-order valence-electron chi connectivity index (χ4n) is 5.90.